The van der Waals surface area contributed by atoms with Gasteiger partial charge >= 0.3 is 5.97 Å². The number of aliphatic carboxylic acids is 1. The molecule has 4 N–H and O–H groups in total. The topological polar surface area (TPSA) is 247 Å². The zero-order valence-corrected chi connectivity index (χ0v) is 32.5. The number of allylic oxidation sites excluding steroid dienone is 5. The first kappa shape index (κ1) is 41.0. The minimum absolute atomic E-state index is 0.00529. The average molecular weight is 807 g/mol. The molecule has 3 aliphatic rings. The highest BCUT2D eigenvalue weighted by Crippen LogP contribution is 2.50. The molecule has 0 atom stereocenters. The Balaban J connectivity index is 1.57. The van der Waals surface area contributed by atoms with Crippen LogP contribution < -0.4 is 4.90 Å². The molecule has 2 aliphatic heterocycles. The molecule has 0 fully saturated rings. The van der Waals surface area contributed by atoms with Gasteiger partial charge in [0.15, 0.2) is 5.71 Å². The third kappa shape index (κ3) is 8.08. The molecule has 2 aromatic rings. The van der Waals surface area contributed by atoms with Crippen LogP contribution in [-0.4, -0.2) is 90.0 Å². The number of hydrogen-bond donors (Lipinski definition) is 4. The molecule has 0 saturated carbocycles. The van der Waals surface area contributed by atoms with Gasteiger partial charge in [-0.15, -0.1) is 0 Å². The smallest absolute Gasteiger partial charge is 0.303 e. The second-order valence-electron chi connectivity index (χ2n) is 14.6. The van der Waals surface area contributed by atoms with Gasteiger partial charge in [0.2, 0.25) is 11.5 Å². The summed E-state index contributed by atoms with van der Waals surface area (Å²) in [5.74, 6) is -2.27. The molecule has 0 radical (unpaired) electrons. The number of aliphatic hydroxyl groups is 1. The Labute approximate surface area is 314 Å². The summed E-state index contributed by atoms with van der Waals surface area (Å²) in [6.45, 7) is 7.66. The lowest BCUT2D eigenvalue weighted by molar-refractivity contribution is -0.438. The van der Waals surface area contributed by atoms with E-state index < -0.39 is 63.6 Å². The van der Waals surface area contributed by atoms with E-state index in [-0.39, 0.29) is 47.6 Å². The third-order valence-electron chi connectivity index (χ3n) is 10.2. The van der Waals surface area contributed by atoms with Crippen LogP contribution in [0.4, 0.5) is 11.4 Å². The van der Waals surface area contributed by atoms with Crippen molar-refractivity contribution < 1.29 is 63.3 Å². The normalized spacial score (nSPS) is 19.5. The van der Waals surface area contributed by atoms with Crippen LogP contribution >= 0.6 is 0 Å². The number of anilines is 1. The maximum Gasteiger partial charge on any atom is 0.303 e. The number of rotatable bonds is 15. The number of carbonyl (C=O) groups is 2. The zero-order chi connectivity index (χ0) is 40.2. The first-order valence-corrected chi connectivity index (χ1v) is 21.6. The summed E-state index contributed by atoms with van der Waals surface area (Å²) in [6.07, 6.45) is 4.89. The van der Waals surface area contributed by atoms with Crippen LogP contribution in [0.15, 0.2) is 80.9 Å². The molecule has 54 heavy (non-hydrogen) atoms. The van der Waals surface area contributed by atoms with E-state index in [2.05, 4.69) is 0 Å². The summed E-state index contributed by atoms with van der Waals surface area (Å²) in [5, 5.41) is 20.5. The van der Waals surface area contributed by atoms with E-state index in [9.17, 15) is 53.6 Å². The first-order chi connectivity index (χ1) is 24.9. The summed E-state index contributed by atoms with van der Waals surface area (Å²) in [5.41, 5.74) is 1.11. The summed E-state index contributed by atoms with van der Waals surface area (Å²) in [7, 11) is -13.6. The molecule has 2 heterocycles. The molecule has 18 heteroatoms. The maximum absolute atomic E-state index is 13.9. The first-order valence-electron chi connectivity index (χ1n) is 17.1. The number of ketones is 1. The van der Waals surface area contributed by atoms with Crippen molar-refractivity contribution in [3.63, 3.8) is 0 Å². The van der Waals surface area contributed by atoms with Crippen LogP contribution in [0.1, 0.15) is 77.3 Å². The predicted octanol–water partition coefficient (Wildman–Crippen LogP) is 4.53. The number of carboxylic acids is 1. The summed E-state index contributed by atoms with van der Waals surface area (Å²) in [6, 6.07) is 8.03. The van der Waals surface area contributed by atoms with Crippen LogP contribution in [0.25, 0.3) is 0 Å². The highest BCUT2D eigenvalue weighted by atomic mass is 32.2. The largest absolute Gasteiger partial charge is 0.744 e. The van der Waals surface area contributed by atoms with Gasteiger partial charge in [-0.1, -0.05) is 20.3 Å². The van der Waals surface area contributed by atoms with Crippen molar-refractivity contribution in [1.29, 1.82) is 0 Å². The predicted molar refractivity (Wildman–Crippen MR) is 196 cm³/mol. The Bertz CT molecular complexity index is 2400. The molecule has 15 nitrogen and oxygen atoms in total. The molecular formula is C36H42N2O13S3. The van der Waals surface area contributed by atoms with Crippen molar-refractivity contribution in [3.05, 3.63) is 82.3 Å². The van der Waals surface area contributed by atoms with Gasteiger partial charge in [-0.05, 0) is 75.1 Å². The lowest BCUT2D eigenvalue weighted by Crippen LogP contribution is -2.32. The average Bonchev–Trinajstić information content (AvgIpc) is 3.40. The highest BCUT2D eigenvalue weighted by molar-refractivity contribution is 7.86. The molecular weight excluding hydrogens is 765 g/mol. The van der Waals surface area contributed by atoms with Gasteiger partial charge < -0.3 is 19.7 Å². The molecule has 5 rings (SSSR count). The van der Waals surface area contributed by atoms with E-state index in [1.54, 1.807) is 38.3 Å². The van der Waals surface area contributed by atoms with Crippen molar-refractivity contribution >= 4 is 59.2 Å². The second-order valence-corrected chi connectivity index (χ2v) is 19.0. The molecule has 1 aliphatic carbocycles. The number of unbranched alkanes of at least 4 members (excludes halogenated alkanes) is 3. The highest BCUT2D eigenvalue weighted by Gasteiger charge is 2.48. The van der Waals surface area contributed by atoms with E-state index in [0.29, 0.717) is 59.7 Å². The quantitative estimate of drug-likeness (QED) is 0.0836. The van der Waals surface area contributed by atoms with Crippen molar-refractivity contribution in [2.24, 2.45) is 0 Å². The van der Waals surface area contributed by atoms with Crippen molar-refractivity contribution in [2.45, 2.75) is 86.8 Å². The Morgan fingerprint density at radius 1 is 0.852 bits per heavy atom. The van der Waals surface area contributed by atoms with Gasteiger partial charge in [0.1, 0.15) is 22.4 Å². The molecule has 0 amide bonds. The summed E-state index contributed by atoms with van der Waals surface area (Å²) < 4.78 is 103. The van der Waals surface area contributed by atoms with Gasteiger partial charge in [-0.2, -0.15) is 21.4 Å². The third-order valence-corrected chi connectivity index (χ3v) is 12.7. The lowest BCUT2D eigenvalue weighted by atomic mass is 9.77. The van der Waals surface area contributed by atoms with E-state index >= 15 is 0 Å². The van der Waals surface area contributed by atoms with Crippen molar-refractivity contribution in [3.8, 4) is 0 Å². The van der Waals surface area contributed by atoms with Gasteiger partial charge in [-0.3, -0.25) is 18.7 Å². The molecule has 0 spiro atoms. The minimum atomic E-state index is -4.82. The van der Waals surface area contributed by atoms with Gasteiger partial charge in [0.25, 0.3) is 20.2 Å². The number of carbonyl (C=O) groups excluding carboxylic acids is 1. The Kier molecular flexibility index (Phi) is 11.0. The van der Waals surface area contributed by atoms with Gasteiger partial charge in [0.05, 0.1) is 32.1 Å². The molecule has 2 aromatic carbocycles. The number of aliphatic hydroxyl groups excluding tert-OH is 1. The van der Waals surface area contributed by atoms with Crippen LogP contribution in [0.2, 0.25) is 0 Å². The van der Waals surface area contributed by atoms with Crippen LogP contribution in [-0.2, 0) is 50.8 Å². The number of fused-ring (bicyclic) bond motifs is 2. The van der Waals surface area contributed by atoms with E-state index in [1.165, 1.54) is 36.4 Å². The molecule has 0 unspecified atom stereocenters. The van der Waals surface area contributed by atoms with Crippen LogP contribution in [0, 0.1) is 0 Å². The minimum Gasteiger partial charge on any atom is -0.744 e. The summed E-state index contributed by atoms with van der Waals surface area (Å²) >= 11 is 0. The van der Waals surface area contributed by atoms with Crippen LogP contribution in [0.5, 0.6) is 0 Å². The van der Waals surface area contributed by atoms with E-state index in [1.807, 2.05) is 4.90 Å². The van der Waals surface area contributed by atoms with E-state index in [4.69, 9.17) is 5.11 Å². The molecule has 0 aromatic heterocycles. The number of Topliss-reactive ketones (excluding diaryl/α,β-unsaturated/α-hetero) is 1. The fourth-order valence-electron chi connectivity index (χ4n) is 7.29. The Morgan fingerprint density at radius 2 is 1.50 bits per heavy atom. The number of benzene rings is 2. The van der Waals surface area contributed by atoms with Gasteiger partial charge in [0, 0.05) is 53.9 Å². The fourth-order valence-corrected chi connectivity index (χ4v) is 8.86. The lowest BCUT2D eigenvalue weighted by Gasteiger charge is -2.29. The van der Waals surface area contributed by atoms with Crippen LogP contribution in [0.3, 0.4) is 0 Å². The zero-order valence-electron chi connectivity index (χ0n) is 30.1. The monoisotopic (exact) mass is 806 g/mol. The van der Waals surface area contributed by atoms with Crippen molar-refractivity contribution in [1.82, 2.24) is 0 Å². The Hall–Kier alpha value is -4.20. The molecule has 0 saturated heterocycles. The van der Waals surface area contributed by atoms with Crippen molar-refractivity contribution in [2.75, 3.05) is 23.7 Å². The molecule has 0 bridgehead atoms. The number of nitrogens with zero attached hydrogens (tertiary/aromatic N) is 2. The number of carboxylic acid groups (broad SMARTS) is 1. The SMILES string of the molecule is CC1(C)C(=CC2=C(O)C(=CC3=[N+](CCCCS(=O)(=O)O)c4ccc(S(=O)(=O)[O-])cc4C3(C)C)C2=O)N(CCCCCC(=O)O)c2ccc(S(=O)(=O)O)cc21. The van der Waals surface area contributed by atoms with E-state index in [0.717, 1.165) is 6.07 Å². The fraction of sp³-hybridized carbons (Fsp3) is 0.417. The maximum atomic E-state index is 13.9. The van der Waals surface area contributed by atoms with Gasteiger partial charge in [-0.25, -0.2) is 8.42 Å². The number of hydrogen-bond acceptors (Lipinski definition) is 11. The Morgan fingerprint density at radius 3 is 2.09 bits per heavy atom. The molecule has 292 valence electrons. The second kappa shape index (κ2) is 14.5. The standard InChI is InChI=1S/C36H42N2O13S3/c1-35(2)26-18-22(53(46,47)48)11-13-28(26)37(15-7-5-6-10-32(39)40)30(35)20-24-33(41)25(34(24)42)21-31-36(3,4)27-19-23(54(49,50)51)12-14-29(27)38(31)16-8-9-17-52(43,44)45/h11-14,18-21H,5-10,15-17H2,1-4H3,(H4-,39,40,41,42,43,44,45,46,47,48,49,50,51). The summed E-state index contributed by atoms with van der Waals surface area (Å²) in [4.78, 5) is 26.0.